The van der Waals surface area contributed by atoms with Gasteiger partial charge in [-0.15, -0.1) is 0 Å². The zero-order chi connectivity index (χ0) is 13.5. The third kappa shape index (κ3) is 4.12. The topological polar surface area (TPSA) is 27.0 Å². The molecular weight excluding hydrogens is 227 g/mol. The zero-order valence-corrected chi connectivity index (χ0v) is 11.4. The molecule has 1 rings (SSSR count). The van der Waals surface area contributed by atoms with Gasteiger partial charge in [0.25, 0.3) is 0 Å². The standard InChI is InChI=1S/C15H21FN2/c1-4-12(3)10-18(5-2)11-14-8-15(16)7-6-13(14)9-17/h6-8,12H,4-5,10-11H2,1-3H3. The highest BCUT2D eigenvalue weighted by Crippen LogP contribution is 2.14. The molecule has 0 saturated carbocycles. The van der Waals surface area contributed by atoms with E-state index in [0.29, 0.717) is 18.0 Å². The van der Waals surface area contributed by atoms with Crippen molar-refractivity contribution < 1.29 is 4.39 Å². The predicted molar refractivity (Wildman–Crippen MR) is 71.5 cm³/mol. The fraction of sp³-hybridized carbons (Fsp3) is 0.533. The maximum absolute atomic E-state index is 13.2. The Bertz CT molecular complexity index is 423. The molecule has 0 radical (unpaired) electrons. The van der Waals surface area contributed by atoms with Crippen molar-refractivity contribution in [3.8, 4) is 6.07 Å². The molecule has 0 fully saturated rings. The second-order valence-corrected chi connectivity index (χ2v) is 4.75. The maximum atomic E-state index is 13.2. The molecule has 1 aromatic carbocycles. The smallest absolute Gasteiger partial charge is 0.123 e. The van der Waals surface area contributed by atoms with Gasteiger partial charge in [-0.25, -0.2) is 4.39 Å². The van der Waals surface area contributed by atoms with E-state index in [1.54, 1.807) is 6.07 Å². The van der Waals surface area contributed by atoms with Crippen LogP contribution in [-0.2, 0) is 6.54 Å². The van der Waals surface area contributed by atoms with Crippen LogP contribution in [0, 0.1) is 23.1 Å². The van der Waals surface area contributed by atoms with Gasteiger partial charge in [0.1, 0.15) is 5.82 Å². The van der Waals surface area contributed by atoms with E-state index in [2.05, 4.69) is 31.7 Å². The molecule has 0 heterocycles. The van der Waals surface area contributed by atoms with Gasteiger partial charge in [-0.1, -0.05) is 27.2 Å². The summed E-state index contributed by atoms with van der Waals surface area (Å²) in [5.41, 5.74) is 1.35. The van der Waals surface area contributed by atoms with E-state index in [0.717, 1.165) is 25.1 Å². The van der Waals surface area contributed by atoms with Crippen molar-refractivity contribution in [3.63, 3.8) is 0 Å². The Morgan fingerprint density at radius 3 is 2.67 bits per heavy atom. The quantitative estimate of drug-likeness (QED) is 0.769. The molecule has 0 spiro atoms. The number of benzene rings is 1. The Balaban J connectivity index is 2.81. The molecule has 98 valence electrons. The minimum absolute atomic E-state index is 0.274. The third-order valence-electron chi connectivity index (χ3n) is 3.30. The molecule has 1 aromatic rings. The van der Waals surface area contributed by atoms with Gasteiger partial charge in [-0.3, -0.25) is 4.90 Å². The van der Waals surface area contributed by atoms with Crippen LogP contribution in [-0.4, -0.2) is 18.0 Å². The first kappa shape index (κ1) is 14.7. The third-order valence-corrected chi connectivity index (χ3v) is 3.30. The second kappa shape index (κ2) is 7.13. The molecule has 1 unspecified atom stereocenters. The van der Waals surface area contributed by atoms with Gasteiger partial charge in [0, 0.05) is 13.1 Å². The van der Waals surface area contributed by atoms with Crippen molar-refractivity contribution in [1.29, 1.82) is 5.26 Å². The lowest BCUT2D eigenvalue weighted by Gasteiger charge is -2.24. The molecule has 0 aromatic heterocycles. The van der Waals surface area contributed by atoms with Gasteiger partial charge in [-0.2, -0.15) is 5.26 Å². The van der Waals surface area contributed by atoms with Crippen LogP contribution in [0.2, 0.25) is 0 Å². The van der Waals surface area contributed by atoms with Crippen molar-refractivity contribution in [1.82, 2.24) is 4.90 Å². The predicted octanol–water partition coefficient (Wildman–Crippen LogP) is 3.57. The van der Waals surface area contributed by atoms with Crippen LogP contribution in [0.4, 0.5) is 4.39 Å². The molecular formula is C15H21FN2. The summed E-state index contributed by atoms with van der Waals surface area (Å²) in [5, 5.41) is 9.03. The average molecular weight is 248 g/mol. The Morgan fingerprint density at radius 1 is 1.39 bits per heavy atom. The number of nitrogens with zero attached hydrogens (tertiary/aromatic N) is 2. The number of hydrogen-bond donors (Lipinski definition) is 0. The Kier molecular flexibility index (Phi) is 5.80. The molecule has 0 N–H and O–H groups in total. The summed E-state index contributed by atoms with van der Waals surface area (Å²) in [4.78, 5) is 2.25. The van der Waals surface area contributed by atoms with E-state index in [9.17, 15) is 4.39 Å². The summed E-state index contributed by atoms with van der Waals surface area (Å²) < 4.78 is 13.2. The number of halogens is 1. The summed E-state index contributed by atoms with van der Waals surface area (Å²) >= 11 is 0. The molecule has 0 aliphatic rings. The summed E-state index contributed by atoms with van der Waals surface area (Å²) in [5.74, 6) is 0.340. The summed E-state index contributed by atoms with van der Waals surface area (Å²) in [7, 11) is 0. The first-order valence-corrected chi connectivity index (χ1v) is 6.51. The van der Waals surface area contributed by atoms with Gasteiger partial charge in [0.15, 0.2) is 0 Å². The van der Waals surface area contributed by atoms with Crippen LogP contribution in [0.25, 0.3) is 0 Å². The summed E-state index contributed by atoms with van der Waals surface area (Å²) in [6.45, 7) is 9.00. The lowest BCUT2D eigenvalue weighted by atomic mass is 10.1. The molecule has 1 atom stereocenters. The van der Waals surface area contributed by atoms with E-state index in [4.69, 9.17) is 5.26 Å². The van der Waals surface area contributed by atoms with Gasteiger partial charge in [0.05, 0.1) is 11.6 Å². The first-order chi connectivity index (χ1) is 8.60. The minimum atomic E-state index is -0.274. The highest BCUT2D eigenvalue weighted by Gasteiger charge is 2.11. The highest BCUT2D eigenvalue weighted by atomic mass is 19.1. The highest BCUT2D eigenvalue weighted by molar-refractivity contribution is 5.37. The van der Waals surface area contributed by atoms with Gasteiger partial charge in [0.2, 0.25) is 0 Å². The molecule has 18 heavy (non-hydrogen) atoms. The summed E-state index contributed by atoms with van der Waals surface area (Å²) in [6, 6.07) is 6.49. The second-order valence-electron chi connectivity index (χ2n) is 4.75. The van der Waals surface area contributed by atoms with E-state index in [1.807, 2.05) is 0 Å². The fourth-order valence-electron chi connectivity index (χ4n) is 1.92. The van der Waals surface area contributed by atoms with Gasteiger partial charge < -0.3 is 0 Å². The average Bonchev–Trinajstić information content (AvgIpc) is 2.38. The molecule has 0 aliphatic heterocycles. The Hall–Kier alpha value is -1.40. The minimum Gasteiger partial charge on any atom is -0.299 e. The monoisotopic (exact) mass is 248 g/mol. The summed E-state index contributed by atoms with van der Waals surface area (Å²) in [6.07, 6.45) is 1.13. The molecule has 0 bridgehead atoms. The molecule has 0 amide bonds. The lowest BCUT2D eigenvalue weighted by Crippen LogP contribution is -2.28. The fourth-order valence-corrected chi connectivity index (χ4v) is 1.92. The van der Waals surface area contributed by atoms with Crippen molar-refractivity contribution in [3.05, 3.63) is 35.1 Å². The van der Waals surface area contributed by atoms with Crippen LogP contribution in [0.15, 0.2) is 18.2 Å². The number of rotatable bonds is 6. The maximum Gasteiger partial charge on any atom is 0.123 e. The number of nitriles is 1. The van der Waals surface area contributed by atoms with Crippen molar-refractivity contribution in [2.45, 2.75) is 33.7 Å². The molecule has 0 aliphatic carbocycles. The van der Waals surface area contributed by atoms with Crippen molar-refractivity contribution in [2.24, 2.45) is 5.92 Å². The SMILES string of the molecule is CCC(C)CN(CC)Cc1cc(F)ccc1C#N. The first-order valence-electron chi connectivity index (χ1n) is 6.51. The lowest BCUT2D eigenvalue weighted by molar-refractivity contribution is 0.237. The van der Waals surface area contributed by atoms with Crippen molar-refractivity contribution >= 4 is 0 Å². The van der Waals surface area contributed by atoms with E-state index >= 15 is 0 Å². The largest absolute Gasteiger partial charge is 0.299 e. The van der Waals surface area contributed by atoms with Crippen LogP contribution < -0.4 is 0 Å². The normalized spacial score (nSPS) is 12.4. The van der Waals surface area contributed by atoms with Crippen LogP contribution in [0.5, 0.6) is 0 Å². The van der Waals surface area contributed by atoms with Crippen LogP contribution >= 0.6 is 0 Å². The van der Waals surface area contributed by atoms with E-state index < -0.39 is 0 Å². The molecule has 3 heteroatoms. The van der Waals surface area contributed by atoms with Crippen LogP contribution in [0.3, 0.4) is 0 Å². The van der Waals surface area contributed by atoms with E-state index in [1.165, 1.54) is 12.1 Å². The van der Waals surface area contributed by atoms with Crippen LogP contribution in [0.1, 0.15) is 38.3 Å². The molecule has 2 nitrogen and oxygen atoms in total. The number of hydrogen-bond acceptors (Lipinski definition) is 2. The Morgan fingerprint density at radius 2 is 2.11 bits per heavy atom. The van der Waals surface area contributed by atoms with Gasteiger partial charge >= 0.3 is 0 Å². The Labute approximate surface area is 109 Å². The molecule has 0 saturated heterocycles. The van der Waals surface area contributed by atoms with E-state index in [-0.39, 0.29) is 5.82 Å². The van der Waals surface area contributed by atoms with Crippen molar-refractivity contribution in [2.75, 3.05) is 13.1 Å². The zero-order valence-electron chi connectivity index (χ0n) is 11.4. The van der Waals surface area contributed by atoms with Gasteiger partial charge in [-0.05, 0) is 36.2 Å².